The Balaban J connectivity index is -0.000000391. The lowest BCUT2D eigenvalue weighted by atomic mass is 10.1. The normalized spacial score (nSPS) is 10.9. The Morgan fingerprint density at radius 1 is 0.626 bits per heavy atom. The number of aryl methyl sites for hydroxylation is 2. The maximum absolute atomic E-state index is 11.5. The lowest BCUT2D eigenvalue weighted by molar-refractivity contribution is -0.147. The van der Waals surface area contributed by atoms with Crippen LogP contribution in [-0.4, -0.2) is 140 Å². The Kier molecular flexibility index (Phi) is 78.0. The van der Waals surface area contributed by atoms with Gasteiger partial charge < -0.3 is 56.0 Å². The molecule has 8 rings (SSSR count). The van der Waals surface area contributed by atoms with Crippen LogP contribution >= 0.6 is 227 Å². The summed E-state index contributed by atoms with van der Waals surface area (Å²) in [7, 11) is 0. The second-order valence-corrected chi connectivity index (χ2v) is 48.5. The van der Waals surface area contributed by atoms with E-state index in [0.717, 1.165) is 63.3 Å². The summed E-state index contributed by atoms with van der Waals surface area (Å²) in [6, 6.07) is 2.95. The van der Waals surface area contributed by atoms with Gasteiger partial charge in [-0.15, -0.1) is 68.5 Å². The molecule has 1 atom stereocenters. The first-order valence-electron chi connectivity index (χ1n) is 35.1. The highest BCUT2D eigenvalue weighted by molar-refractivity contribution is 9.93. The number of H-pyrrole nitrogens is 3. The minimum Gasteiger partial charge on any atom is -0.466 e. The number of ketones is 2. The van der Waals surface area contributed by atoms with Crippen LogP contribution in [0.1, 0.15) is 247 Å². The molecule has 654 valence electrons. The molecule has 44 heteroatoms. The van der Waals surface area contributed by atoms with Gasteiger partial charge in [0.05, 0.1) is 93.8 Å². The number of aromatic nitrogens is 9. The number of aliphatic hydroxyl groups is 1. The summed E-state index contributed by atoms with van der Waals surface area (Å²) in [5.74, 6) is 0.693. The number of ether oxygens (including phenoxy) is 5. The van der Waals surface area contributed by atoms with Gasteiger partial charge in [0.25, 0.3) is 11.1 Å². The number of nitrogens with zero attached hydrogens (tertiary/aromatic N) is 6. The van der Waals surface area contributed by atoms with E-state index >= 15 is 0 Å². The summed E-state index contributed by atoms with van der Waals surface area (Å²) in [6.45, 7) is 41.9. The van der Waals surface area contributed by atoms with Crippen molar-refractivity contribution < 1.29 is 57.6 Å². The molecule has 0 radical (unpaired) electrons. The van der Waals surface area contributed by atoms with E-state index in [1.165, 1.54) is 74.4 Å². The molecule has 0 saturated carbocycles. The number of hydrogen-bond acceptors (Lipinski definition) is 29. The Hall–Kier alpha value is -2.52. The second-order valence-electron chi connectivity index (χ2n) is 24.4. The first kappa shape index (κ1) is 121. The van der Waals surface area contributed by atoms with Crippen molar-refractivity contribution in [2.45, 2.75) is 215 Å². The van der Waals surface area contributed by atoms with Crippen molar-refractivity contribution in [3.8, 4) is 0 Å². The highest BCUT2D eigenvalue weighted by Gasteiger charge is 2.27. The molecule has 0 spiro atoms. The summed E-state index contributed by atoms with van der Waals surface area (Å²) in [5, 5.41) is 11.0. The van der Waals surface area contributed by atoms with Crippen LogP contribution in [0.2, 0.25) is 0 Å². The van der Waals surface area contributed by atoms with Gasteiger partial charge in [0, 0.05) is 97.7 Å². The summed E-state index contributed by atoms with van der Waals surface area (Å²) in [6.07, 6.45) is 2.46. The van der Waals surface area contributed by atoms with Crippen molar-refractivity contribution in [1.82, 2.24) is 44.9 Å². The van der Waals surface area contributed by atoms with Crippen LogP contribution in [0.15, 0.2) is 48.9 Å². The third-order valence-electron chi connectivity index (χ3n) is 12.7. The van der Waals surface area contributed by atoms with Gasteiger partial charge in [-0.1, -0.05) is 152 Å². The van der Waals surface area contributed by atoms with Crippen LogP contribution in [0.3, 0.4) is 0 Å². The van der Waals surface area contributed by atoms with Gasteiger partial charge in [0.15, 0.2) is 30.8 Å². The first-order chi connectivity index (χ1) is 53.9. The molecule has 0 bridgehead atoms. The molecule has 1 unspecified atom stereocenters. The number of aromatic amines is 3. The van der Waals surface area contributed by atoms with Gasteiger partial charge in [-0.05, 0) is 155 Å². The molecule has 0 amide bonds. The van der Waals surface area contributed by atoms with Crippen LogP contribution < -0.4 is 28.3 Å². The van der Waals surface area contributed by atoms with Gasteiger partial charge in [-0.3, -0.25) is 33.8 Å². The third kappa shape index (κ3) is 61.4. The van der Waals surface area contributed by atoms with E-state index in [0.29, 0.717) is 69.0 Å². The fourth-order valence-corrected chi connectivity index (χ4v) is 14.5. The lowest BCUT2D eigenvalue weighted by Gasteiger charge is -2.09. The number of rotatable bonds is 22. The van der Waals surface area contributed by atoms with Gasteiger partial charge in [0.1, 0.15) is 26.0 Å². The topological polar surface area (TPSA) is 406 Å². The fourth-order valence-electron chi connectivity index (χ4n) is 7.71. The Morgan fingerprint density at radius 3 is 1.40 bits per heavy atom. The van der Waals surface area contributed by atoms with Gasteiger partial charge in [-0.2, -0.15) is 0 Å². The standard InChI is InChI=1S/C12H15N3OS2.C9H14N2O2S.C9H13NO2S.C8H13BrO3.C8H14O3.C7H10BrNS.C7H11NOS.C5H6N2OS.C4H8O.CH2Cl2.CH4N2S.Br3P.Br2/c1-7(2)11-9(18-6-13-11)5-17-12-14-8(3)4-10(16)15-12;1-4-13-8(12)7-6(5(2)3)11-9(10)14-7;1-4-12-9(11)8-7(6(2)3)10-5-13-8;1-4-12-8(11)6(9)7(10)5(2)3;1-4-11-8(10)5-7(9)6(2)3;1-5(2)7-6(3-8)10-4-9-7;1-5(2)7-6(3-9)10-4-8-7;1-3-2-4(8)7-5(9)6-3;1-2-4-5-3-1;2-1-3;2-1(3)4;1-4(2)3;1-2/h4,6-7H,5H2,1-3H3,(H,14,15,16);5H,4H2,1-3H3,(H2,10,11);5-6H,4H2,1-3H3;5-6H,4H2,1-3H3;6H,4-5H2,1-3H3;4-5H,3H2,1-2H3;4-5,9H,3H2,1-2H3;2H,1H3,(H2,6,7,8,9);1-4H2;1H2;(H4,2,3,4);;. The number of halogens is 9. The van der Waals surface area contributed by atoms with Gasteiger partial charge in [0.2, 0.25) is 0 Å². The number of nitrogens with two attached hydrogens (primary N) is 3. The van der Waals surface area contributed by atoms with Crippen LogP contribution in [0.4, 0.5) is 5.13 Å². The van der Waals surface area contributed by atoms with Crippen molar-refractivity contribution in [3.05, 3.63) is 124 Å². The number of nitrogens with one attached hydrogen (secondary N) is 3. The zero-order chi connectivity index (χ0) is 89.6. The SMILES string of the molecule is BrBr.BrP(Br)Br.C1CCOC1.CC(C)c1ncsc1CBr.CC(C)c1ncsc1CO.CCOC(=O)C(Br)C(=O)C(C)C.CCOC(=O)CC(=O)C(C)C.CCOC(=O)c1sc(N)nc1C(C)C.CCOC(=O)c1scnc1C(C)C.Cc1cc(=O)[nH]c(=S)[nH]1.Cc1cc(=O)[nH]c(SCc2scnc2C(C)C)n1.ClCCl.NC(N)=S. The molecule has 1 aliphatic heterocycles. The van der Waals surface area contributed by atoms with E-state index in [2.05, 4.69) is 238 Å². The van der Waals surface area contributed by atoms with Crippen LogP contribution in [-0.2, 0) is 60.6 Å². The molecule has 26 nitrogen and oxygen atoms in total. The Morgan fingerprint density at radius 2 is 1.03 bits per heavy atom. The predicted octanol–water partition coefficient (Wildman–Crippen LogP) is 22.3. The summed E-state index contributed by atoms with van der Waals surface area (Å²) in [4.78, 5) is 126. The van der Waals surface area contributed by atoms with Crippen molar-refractivity contribution in [2.24, 2.45) is 23.3 Å². The van der Waals surface area contributed by atoms with Crippen LogP contribution in [0, 0.1) is 30.5 Å². The Bertz CT molecular complexity index is 3890. The zero-order valence-electron chi connectivity index (χ0n) is 68.1. The smallest absolute Gasteiger partial charge is 0.350 e. The number of nitrogen functional groups attached to an aromatic ring is 1. The molecule has 7 aromatic heterocycles. The summed E-state index contributed by atoms with van der Waals surface area (Å²) >= 11 is 48.7. The number of carbonyl (C=O) groups excluding carboxylic acids is 6. The predicted molar refractivity (Wildman–Crippen MR) is 511 cm³/mol. The molecule has 10 N–H and O–H groups in total. The minimum atomic E-state index is -0.808. The third-order valence-corrected chi connectivity index (χ3v) is 20.0. The van der Waals surface area contributed by atoms with Gasteiger partial charge >= 0.3 is 23.9 Å². The molecular formula is C71H110Br7Cl2N12O14PS8. The van der Waals surface area contributed by atoms with Crippen molar-refractivity contribution in [2.75, 3.05) is 50.7 Å². The van der Waals surface area contributed by atoms with E-state index in [-0.39, 0.29) is 85.8 Å². The van der Waals surface area contributed by atoms with Crippen LogP contribution in [0.5, 0.6) is 0 Å². The molecule has 8 heterocycles. The number of aliphatic hydroxyl groups excluding tert-OH is 1. The van der Waals surface area contributed by atoms with E-state index < -0.39 is 16.8 Å². The number of alkyl halides is 4. The molecule has 1 aliphatic rings. The maximum Gasteiger partial charge on any atom is 0.350 e. The number of esters is 4. The number of thiocarbonyl (C=S) groups is 1. The number of thiazole rings is 5. The van der Waals surface area contributed by atoms with Crippen molar-refractivity contribution in [3.63, 3.8) is 0 Å². The monoisotopic (exact) mass is 2260 g/mol. The number of thioether (sulfide) groups is 1. The average molecular weight is 2270 g/mol. The quantitative estimate of drug-likeness (QED) is 0.00484. The molecule has 115 heavy (non-hydrogen) atoms. The van der Waals surface area contributed by atoms with E-state index in [1.807, 2.05) is 45.6 Å². The molecular weight excluding hydrogens is 2160 g/mol. The highest BCUT2D eigenvalue weighted by Crippen LogP contribution is 2.59. The molecule has 7 aromatic rings. The van der Waals surface area contributed by atoms with Crippen LogP contribution in [0.25, 0.3) is 0 Å². The largest absolute Gasteiger partial charge is 0.466 e. The zero-order valence-corrected chi connectivity index (χ0v) is 88.1. The van der Waals surface area contributed by atoms with Gasteiger partial charge in [-0.25, -0.2) is 39.5 Å². The number of carbonyl (C=O) groups is 6. The fraction of sp³-hybridized carbons (Fsp3) is 0.577. The number of anilines is 1. The van der Waals surface area contributed by atoms with E-state index in [9.17, 15) is 38.4 Å². The van der Waals surface area contributed by atoms with E-state index in [4.69, 9.17) is 48.3 Å². The molecule has 0 aliphatic carbocycles. The summed E-state index contributed by atoms with van der Waals surface area (Å²) in [5.41, 5.74) is 28.3. The second kappa shape index (κ2) is 74.1. The highest BCUT2D eigenvalue weighted by atomic mass is 80.9. The molecule has 0 aromatic carbocycles. The average Bonchev–Trinajstić information content (AvgIpc) is 1.67. The minimum absolute atomic E-state index is 0.000000000000000222. The number of Topliss-reactive ketones (excluding diaryl/α,β-unsaturated/α-hetero) is 2. The number of hydrogen-bond donors (Lipinski definition) is 7. The first-order valence-corrected chi connectivity index (χ1v) is 55.5. The van der Waals surface area contributed by atoms with E-state index in [1.54, 1.807) is 108 Å². The summed E-state index contributed by atoms with van der Waals surface area (Å²) < 4.78 is 24.2. The van der Waals surface area contributed by atoms with Crippen molar-refractivity contribution in [1.29, 1.82) is 0 Å². The van der Waals surface area contributed by atoms with Crippen molar-refractivity contribution >= 4 is 272 Å². The molecule has 1 fully saturated rings. The maximum atomic E-state index is 11.5. The molecule has 1 saturated heterocycles. The lowest BCUT2D eigenvalue weighted by Crippen LogP contribution is -2.29. The Labute approximate surface area is 779 Å².